The highest BCUT2D eigenvalue weighted by molar-refractivity contribution is 5.81. The van der Waals surface area contributed by atoms with Crippen LogP contribution in [-0.4, -0.2) is 25.1 Å². The fraction of sp³-hybridized carbons (Fsp3) is 0.533. The van der Waals surface area contributed by atoms with Crippen molar-refractivity contribution in [1.29, 1.82) is 0 Å². The molecule has 4 atom stereocenters. The molecule has 0 saturated heterocycles. The third-order valence-corrected chi connectivity index (χ3v) is 4.00. The number of guanidine groups is 1. The van der Waals surface area contributed by atoms with Crippen molar-refractivity contribution < 1.29 is 0 Å². The zero-order valence-corrected chi connectivity index (χ0v) is 11.1. The first-order valence-corrected chi connectivity index (χ1v) is 6.82. The maximum absolute atomic E-state index is 4.31. The van der Waals surface area contributed by atoms with E-state index in [0.29, 0.717) is 18.0 Å². The zero-order chi connectivity index (χ0) is 12.5. The molecule has 3 rings (SSSR count). The number of aliphatic imine (C=N–C) groups is 1. The van der Waals surface area contributed by atoms with Crippen LogP contribution < -0.4 is 10.6 Å². The first kappa shape index (κ1) is 11.6. The standard InChI is InChI=1S/C15H21N3/c1-10-8-13(10)17-15(16-2)18-14-9-12(14)11-6-4-3-5-7-11/h3-7,10,12-14H,8-9H2,1-2H3,(H2,16,17,18). The van der Waals surface area contributed by atoms with E-state index in [1.807, 2.05) is 7.05 Å². The summed E-state index contributed by atoms with van der Waals surface area (Å²) in [7, 11) is 1.85. The predicted octanol–water partition coefficient (Wildman–Crippen LogP) is 2.12. The van der Waals surface area contributed by atoms with E-state index in [9.17, 15) is 0 Å². The lowest BCUT2D eigenvalue weighted by Gasteiger charge is -2.11. The van der Waals surface area contributed by atoms with Crippen LogP contribution in [0, 0.1) is 5.92 Å². The normalized spacial score (nSPS) is 34.0. The maximum Gasteiger partial charge on any atom is 0.191 e. The average Bonchev–Trinajstić information content (AvgIpc) is 3.29. The van der Waals surface area contributed by atoms with Gasteiger partial charge in [-0.25, -0.2) is 0 Å². The quantitative estimate of drug-likeness (QED) is 0.630. The fourth-order valence-corrected chi connectivity index (χ4v) is 2.47. The third-order valence-electron chi connectivity index (χ3n) is 4.00. The first-order valence-electron chi connectivity index (χ1n) is 6.82. The van der Waals surface area contributed by atoms with Gasteiger partial charge in [0.15, 0.2) is 5.96 Å². The molecular weight excluding hydrogens is 222 g/mol. The van der Waals surface area contributed by atoms with E-state index in [0.717, 1.165) is 11.9 Å². The Labute approximate surface area is 109 Å². The van der Waals surface area contributed by atoms with Gasteiger partial charge >= 0.3 is 0 Å². The Morgan fingerprint density at radius 3 is 2.39 bits per heavy atom. The van der Waals surface area contributed by atoms with Gasteiger partial charge in [-0.1, -0.05) is 37.3 Å². The number of benzene rings is 1. The van der Waals surface area contributed by atoms with Crippen molar-refractivity contribution in [1.82, 2.24) is 10.6 Å². The smallest absolute Gasteiger partial charge is 0.191 e. The van der Waals surface area contributed by atoms with Crippen molar-refractivity contribution >= 4 is 5.96 Å². The Kier molecular flexibility index (Phi) is 2.98. The van der Waals surface area contributed by atoms with E-state index in [2.05, 4.69) is 52.9 Å². The molecule has 0 aromatic heterocycles. The topological polar surface area (TPSA) is 36.4 Å². The minimum absolute atomic E-state index is 0.549. The Hall–Kier alpha value is -1.51. The van der Waals surface area contributed by atoms with Gasteiger partial charge in [-0.3, -0.25) is 4.99 Å². The van der Waals surface area contributed by atoms with E-state index in [1.54, 1.807) is 0 Å². The van der Waals surface area contributed by atoms with E-state index in [4.69, 9.17) is 0 Å². The molecule has 0 bridgehead atoms. The van der Waals surface area contributed by atoms with Gasteiger partial charge in [-0.2, -0.15) is 0 Å². The van der Waals surface area contributed by atoms with Gasteiger partial charge in [0.2, 0.25) is 0 Å². The summed E-state index contributed by atoms with van der Waals surface area (Å²) < 4.78 is 0. The summed E-state index contributed by atoms with van der Waals surface area (Å²) in [4.78, 5) is 4.31. The van der Waals surface area contributed by atoms with Crippen LogP contribution in [0.25, 0.3) is 0 Å². The third kappa shape index (κ3) is 2.50. The van der Waals surface area contributed by atoms with Gasteiger partial charge in [0.05, 0.1) is 0 Å². The molecule has 0 heterocycles. The van der Waals surface area contributed by atoms with Gasteiger partial charge in [0.25, 0.3) is 0 Å². The van der Waals surface area contributed by atoms with Gasteiger partial charge < -0.3 is 10.6 Å². The van der Waals surface area contributed by atoms with Crippen LogP contribution in [0.2, 0.25) is 0 Å². The molecule has 3 nitrogen and oxygen atoms in total. The molecule has 0 radical (unpaired) electrons. The first-order chi connectivity index (χ1) is 8.78. The van der Waals surface area contributed by atoms with Crippen LogP contribution in [0.15, 0.2) is 35.3 Å². The molecule has 4 unspecified atom stereocenters. The predicted molar refractivity (Wildman–Crippen MR) is 74.8 cm³/mol. The molecule has 2 saturated carbocycles. The molecule has 2 fully saturated rings. The summed E-state index contributed by atoms with van der Waals surface area (Å²) >= 11 is 0. The lowest BCUT2D eigenvalue weighted by molar-refractivity contribution is 0.754. The van der Waals surface area contributed by atoms with Crippen molar-refractivity contribution in [3.8, 4) is 0 Å². The van der Waals surface area contributed by atoms with Crippen molar-refractivity contribution in [3.63, 3.8) is 0 Å². The van der Waals surface area contributed by atoms with Crippen LogP contribution >= 0.6 is 0 Å². The van der Waals surface area contributed by atoms with Crippen LogP contribution in [0.4, 0.5) is 0 Å². The molecule has 1 aromatic rings. The molecule has 0 spiro atoms. The summed E-state index contributed by atoms with van der Waals surface area (Å²) in [5, 5.41) is 6.99. The lowest BCUT2D eigenvalue weighted by atomic mass is 10.1. The summed E-state index contributed by atoms with van der Waals surface area (Å²) in [5.74, 6) is 2.42. The largest absolute Gasteiger partial charge is 0.353 e. The zero-order valence-electron chi connectivity index (χ0n) is 11.1. The molecule has 96 valence electrons. The highest BCUT2D eigenvalue weighted by atomic mass is 15.2. The summed E-state index contributed by atoms with van der Waals surface area (Å²) in [5.41, 5.74) is 1.44. The monoisotopic (exact) mass is 243 g/mol. The second-order valence-electron chi connectivity index (χ2n) is 5.54. The number of hydrogen-bond acceptors (Lipinski definition) is 1. The molecule has 2 N–H and O–H groups in total. The summed E-state index contributed by atoms with van der Waals surface area (Å²) in [6.45, 7) is 2.27. The highest BCUT2D eigenvalue weighted by Crippen LogP contribution is 2.40. The van der Waals surface area contributed by atoms with E-state index in [1.165, 1.54) is 18.4 Å². The Morgan fingerprint density at radius 1 is 1.11 bits per heavy atom. The van der Waals surface area contributed by atoms with Gasteiger partial charge in [-0.05, 0) is 24.3 Å². The highest BCUT2D eigenvalue weighted by Gasteiger charge is 2.40. The van der Waals surface area contributed by atoms with Crippen molar-refractivity contribution in [2.75, 3.05) is 7.05 Å². The Morgan fingerprint density at radius 2 is 1.78 bits per heavy atom. The number of hydrogen-bond donors (Lipinski definition) is 2. The van der Waals surface area contributed by atoms with Gasteiger partial charge in [-0.15, -0.1) is 0 Å². The van der Waals surface area contributed by atoms with Gasteiger partial charge in [0.1, 0.15) is 0 Å². The fourth-order valence-electron chi connectivity index (χ4n) is 2.47. The second kappa shape index (κ2) is 4.63. The Bertz CT molecular complexity index is 440. The van der Waals surface area contributed by atoms with E-state index < -0.39 is 0 Å². The van der Waals surface area contributed by atoms with E-state index in [-0.39, 0.29) is 0 Å². The Balaban J connectivity index is 1.52. The van der Waals surface area contributed by atoms with Crippen molar-refractivity contribution in [2.45, 2.75) is 37.8 Å². The average molecular weight is 243 g/mol. The molecule has 2 aliphatic carbocycles. The van der Waals surface area contributed by atoms with Crippen LogP contribution in [0.1, 0.15) is 31.2 Å². The molecule has 0 amide bonds. The molecule has 3 heteroatoms. The van der Waals surface area contributed by atoms with Crippen LogP contribution in [0.5, 0.6) is 0 Å². The SMILES string of the molecule is CN=C(NC1CC1C)NC1CC1c1ccccc1. The molecule has 1 aromatic carbocycles. The van der Waals surface area contributed by atoms with Crippen LogP contribution in [-0.2, 0) is 0 Å². The molecule has 2 aliphatic rings. The summed E-state index contributed by atoms with van der Waals surface area (Å²) in [6, 6.07) is 11.9. The molecule has 0 aliphatic heterocycles. The number of nitrogens with one attached hydrogen (secondary N) is 2. The minimum atomic E-state index is 0.549. The number of rotatable bonds is 3. The molecule has 18 heavy (non-hydrogen) atoms. The number of nitrogens with zero attached hydrogens (tertiary/aromatic N) is 1. The van der Waals surface area contributed by atoms with Gasteiger partial charge in [0, 0.05) is 25.0 Å². The second-order valence-corrected chi connectivity index (χ2v) is 5.54. The van der Waals surface area contributed by atoms with E-state index >= 15 is 0 Å². The summed E-state index contributed by atoms with van der Waals surface area (Å²) in [6.07, 6.45) is 2.48. The maximum atomic E-state index is 4.31. The van der Waals surface area contributed by atoms with Crippen molar-refractivity contribution in [3.05, 3.63) is 35.9 Å². The van der Waals surface area contributed by atoms with Crippen molar-refractivity contribution in [2.24, 2.45) is 10.9 Å². The lowest BCUT2D eigenvalue weighted by Crippen LogP contribution is -2.40. The molecular formula is C15H21N3. The minimum Gasteiger partial charge on any atom is -0.353 e. The van der Waals surface area contributed by atoms with Crippen LogP contribution in [0.3, 0.4) is 0 Å².